The van der Waals surface area contributed by atoms with Crippen molar-refractivity contribution in [3.8, 4) is 33.5 Å². The Balaban J connectivity index is 1.54. The van der Waals surface area contributed by atoms with Crippen molar-refractivity contribution < 1.29 is 4.79 Å². The quantitative estimate of drug-likeness (QED) is 0.336. The largest absolute Gasteiger partial charge is 0.341 e. The molecule has 4 heterocycles. The number of hydrogen-bond acceptors (Lipinski definition) is 4. The molecule has 8 heteroatoms. The maximum atomic E-state index is 14.3. The zero-order valence-electron chi connectivity index (χ0n) is 21.0. The number of amides is 2. The number of nitrogens with one attached hydrogen (secondary N) is 2. The second kappa shape index (κ2) is 9.25. The van der Waals surface area contributed by atoms with Crippen LogP contribution in [0.3, 0.4) is 0 Å². The summed E-state index contributed by atoms with van der Waals surface area (Å²) in [5, 5.41) is 8.65. The molecule has 0 saturated carbocycles. The van der Waals surface area contributed by atoms with Gasteiger partial charge >= 0.3 is 6.03 Å². The van der Waals surface area contributed by atoms with Gasteiger partial charge < -0.3 is 15.2 Å². The predicted octanol–water partition coefficient (Wildman–Crippen LogP) is 5.10. The molecule has 7 rings (SSSR count). The van der Waals surface area contributed by atoms with Gasteiger partial charge in [-0.25, -0.2) is 4.79 Å². The zero-order valence-corrected chi connectivity index (χ0v) is 21.0. The number of aromatic amines is 1. The molecule has 0 unspecified atom stereocenters. The molecule has 0 bridgehead atoms. The maximum Gasteiger partial charge on any atom is 0.317 e. The van der Waals surface area contributed by atoms with Crippen LogP contribution >= 0.6 is 0 Å². The van der Waals surface area contributed by atoms with Crippen molar-refractivity contribution in [3.05, 3.63) is 113 Å². The molecule has 0 spiro atoms. The molecule has 2 N–H and O–H groups in total. The van der Waals surface area contributed by atoms with Gasteiger partial charge in [0.2, 0.25) is 0 Å². The number of carbonyl (C=O) groups excluding carboxylic acids is 1. The van der Waals surface area contributed by atoms with Gasteiger partial charge in [-0.2, -0.15) is 9.61 Å². The SMILES string of the molecule is O=C1NCCN1Cc1[nH]c2c(-c3ccccc3)c(-c3ccccc3)nn2c(=O)c1-c1ccc2ncccc2c1. The van der Waals surface area contributed by atoms with Crippen molar-refractivity contribution >= 4 is 22.6 Å². The molecule has 39 heavy (non-hydrogen) atoms. The summed E-state index contributed by atoms with van der Waals surface area (Å²) in [5.74, 6) is 0. The minimum absolute atomic E-state index is 0.147. The Labute approximate surface area is 223 Å². The van der Waals surface area contributed by atoms with Gasteiger partial charge in [-0.1, -0.05) is 72.8 Å². The van der Waals surface area contributed by atoms with E-state index < -0.39 is 0 Å². The molecule has 1 fully saturated rings. The molecular formula is C31H24N6O2. The lowest BCUT2D eigenvalue weighted by Gasteiger charge is -2.17. The number of aromatic nitrogens is 4. The summed E-state index contributed by atoms with van der Waals surface area (Å²) in [4.78, 5) is 36.5. The van der Waals surface area contributed by atoms with Crippen LogP contribution < -0.4 is 10.9 Å². The molecule has 1 aliphatic rings. The molecule has 0 atom stereocenters. The fourth-order valence-electron chi connectivity index (χ4n) is 5.30. The van der Waals surface area contributed by atoms with E-state index in [1.165, 1.54) is 4.52 Å². The monoisotopic (exact) mass is 512 g/mol. The lowest BCUT2D eigenvalue weighted by atomic mass is 10.0. The topological polar surface area (TPSA) is 95.4 Å². The molecule has 0 radical (unpaired) electrons. The molecule has 0 aliphatic carbocycles. The van der Waals surface area contributed by atoms with Crippen molar-refractivity contribution in [2.75, 3.05) is 13.1 Å². The van der Waals surface area contributed by atoms with Crippen LogP contribution in [0.5, 0.6) is 0 Å². The lowest BCUT2D eigenvalue weighted by molar-refractivity contribution is 0.215. The number of pyridine rings is 1. The molecule has 8 nitrogen and oxygen atoms in total. The first-order chi connectivity index (χ1) is 19.2. The Morgan fingerprint density at radius 3 is 2.31 bits per heavy atom. The number of benzene rings is 3. The van der Waals surface area contributed by atoms with E-state index in [0.29, 0.717) is 35.7 Å². The van der Waals surface area contributed by atoms with Crippen LogP contribution in [-0.2, 0) is 6.54 Å². The van der Waals surface area contributed by atoms with Crippen LogP contribution in [0, 0.1) is 0 Å². The molecule has 6 aromatic rings. The van der Waals surface area contributed by atoms with Gasteiger partial charge in [0.05, 0.1) is 23.2 Å². The van der Waals surface area contributed by atoms with E-state index >= 15 is 0 Å². The average Bonchev–Trinajstić information content (AvgIpc) is 3.57. The van der Waals surface area contributed by atoms with Crippen LogP contribution in [-0.4, -0.2) is 43.6 Å². The van der Waals surface area contributed by atoms with E-state index in [2.05, 4.69) is 15.3 Å². The highest BCUT2D eigenvalue weighted by Crippen LogP contribution is 2.35. The highest BCUT2D eigenvalue weighted by atomic mass is 16.2. The van der Waals surface area contributed by atoms with Gasteiger partial charge in [0.15, 0.2) is 0 Å². The molecule has 190 valence electrons. The van der Waals surface area contributed by atoms with Crippen molar-refractivity contribution in [3.63, 3.8) is 0 Å². The Bertz CT molecular complexity index is 1910. The Morgan fingerprint density at radius 2 is 1.56 bits per heavy atom. The van der Waals surface area contributed by atoms with Crippen LogP contribution in [0.2, 0.25) is 0 Å². The number of urea groups is 1. The van der Waals surface area contributed by atoms with Gasteiger partial charge in [-0.3, -0.25) is 9.78 Å². The summed E-state index contributed by atoms with van der Waals surface area (Å²) in [6.45, 7) is 1.40. The van der Waals surface area contributed by atoms with E-state index in [0.717, 1.165) is 33.2 Å². The molecule has 1 aliphatic heterocycles. The minimum Gasteiger partial charge on any atom is -0.341 e. The average molecular weight is 513 g/mol. The number of hydrogen-bond donors (Lipinski definition) is 2. The third-order valence-corrected chi connectivity index (χ3v) is 7.16. The third kappa shape index (κ3) is 3.93. The van der Waals surface area contributed by atoms with Crippen molar-refractivity contribution in [2.24, 2.45) is 0 Å². The number of rotatable bonds is 5. The minimum atomic E-state index is -0.249. The van der Waals surface area contributed by atoms with Crippen LogP contribution in [0.25, 0.3) is 50.1 Å². The molecule has 3 aromatic heterocycles. The van der Waals surface area contributed by atoms with E-state index in [1.807, 2.05) is 91.0 Å². The third-order valence-electron chi connectivity index (χ3n) is 7.16. The summed E-state index contributed by atoms with van der Waals surface area (Å²) in [5.41, 5.74) is 6.46. The lowest BCUT2D eigenvalue weighted by Crippen LogP contribution is -2.30. The highest BCUT2D eigenvalue weighted by molar-refractivity contribution is 5.91. The van der Waals surface area contributed by atoms with E-state index in [-0.39, 0.29) is 18.1 Å². The Hall–Kier alpha value is -5.24. The molecular weight excluding hydrogens is 488 g/mol. The highest BCUT2D eigenvalue weighted by Gasteiger charge is 2.26. The molecule has 2 amide bonds. The van der Waals surface area contributed by atoms with Gasteiger partial charge in [-0.15, -0.1) is 0 Å². The summed E-state index contributed by atoms with van der Waals surface area (Å²) in [6.07, 6.45) is 1.75. The van der Waals surface area contributed by atoms with Gasteiger partial charge in [0.1, 0.15) is 11.3 Å². The zero-order chi connectivity index (χ0) is 26.3. The van der Waals surface area contributed by atoms with Crippen LogP contribution in [0.4, 0.5) is 4.79 Å². The van der Waals surface area contributed by atoms with Gasteiger partial charge in [-0.05, 0) is 29.3 Å². The fraction of sp³-hybridized carbons (Fsp3) is 0.0968. The van der Waals surface area contributed by atoms with Gasteiger partial charge in [0, 0.05) is 35.9 Å². The van der Waals surface area contributed by atoms with Crippen LogP contribution in [0.15, 0.2) is 102 Å². The van der Waals surface area contributed by atoms with E-state index in [9.17, 15) is 9.59 Å². The molecule has 3 aromatic carbocycles. The fourth-order valence-corrected chi connectivity index (χ4v) is 5.30. The standard InChI is InChI=1S/C31H24N6O2/c38-30-26(23-13-14-24-22(18-23)12-7-15-32-24)25(19-36-17-16-33-31(36)39)34-29-27(20-8-3-1-4-9-20)28(35-37(29)30)21-10-5-2-6-11-21/h1-15,18,34H,16-17,19H2,(H,33,39). The first-order valence-electron chi connectivity index (χ1n) is 12.8. The van der Waals surface area contributed by atoms with Crippen molar-refractivity contribution in [1.29, 1.82) is 0 Å². The summed E-state index contributed by atoms with van der Waals surface area (Å²) in [6, 6.07) is 29.3. The van der Waals surface area contributed by atoms with Gasteiger partial charge in [0.25, 0.3) is 5.56 Å². The summed E-state index contributed by atoms with van der Waals surface area (Å²) >= 11 is 0. The first-order valence-corrected chi connectivity index (χ1v) is 12.8. The number of H-pyrrole nitrogens is 1. The van der Waals surface area contributed by atoms with Crippen molar-refractivity contribution in [1.82, 2.24) is 29.8 Å². The maximum absolute atomic E-state index is 14.3. The Kier molecular flexibility index (Phi) is 5.44. The Morgan fingerprint density at radius 1 is 0.795 bits per heavy atom. The summed E-state index contributed by atoms with van der Waals surface area (Å²) < 4.78 is 1.46. The number of nitrogens with zero attached hydrogens (tertiary/aromatic N) is 4. The second-order valence-electron chi connectivity index (χ2n) is 9.56. The first kappa shape index (κ1) is 22.9. The predicted molar refractivity (Wildman–Crippen MR) is 151 cm³/mol. The number of fused-ring (bicyclic) bond motifs is 2. The molecule has 1 saturated heterocycles. The van der Waals surface area contributed by atoms with Crippen molar-refractivity contribution in [2.45, 2.75) is 6.54 Å². The normalized spacial score (nSPS) is 13.3. The second-order valence-corrected chi connectivity index (χ2v) is 9.56. The smallest absolute Gasteiger partial charge is 0.317 e. The number of carbonyl (C=O) groups is 1. The van der Waals surface area contributed by atoms with E-state index in [1.54, 1.807) is 11.1 Å². The van der Waals surface area contributed by atoms with Crippen LogP contribution in [0.1, 0.15) is 5.69 Å². The summed E-state index contributed by atoms with van der Waals surface area (Å²) in [7, 11) is 0. The van der Waals surface area contributed by atoms with E-state index in [4.69, 9.17) is 5.10 Å².